The predicted octanol–water partition coefficient (Wildman–Crippen LogP) is 0.984. The lowest BCUT2D eigenvalue weighted by Gasteiger charge is -2.07. The molecule has 1 rings (SSSR count). The summed E-state index contributed by atoms with van der Waals surface area (Å²) in [6.07, 6.45) is 0. The maximum absolute atomic E-state index is 10.9. The Balaban J connectivity index is 2.68. The number of aryl methyl sites for hydroxylation is 1. The van der Waals surface area contributed by atoms with Gasteiger partial charge in [0.15, 0.2) is 0 Å². The molecule has 0 aliphatic heterocycles. The number of aromatic nitrogens is 1. The zero-order valence-electron chi connectivity index (χ0n) is 9.03. The molecule has 0 radical (unpaired) electrons. The van der Waals surface area contributed by atoms with Crippen molar-refractivity contribution in [1.29, 1.82) is 0 Å². The van der Waals surface area contributed by atoms with Crippen molar-refractivity contribution in [2.45, 2.75) is 6.92 Å². The van der Waals surface area contributed by atoms with E-state index in [1.807, 2.05) is 13.0 Å². The second kappa shape index (κ2) is 5.19. The van der Waals surface area contributed by atoms with Gasteiger partial charge in [-0.3, -0.25) is 4.79 Å². The normalized spacial score (nSPS) is 9.53. The van der Waals surface area contributed by atoms with E-state index in [1.54, 1.807) is 13.2 Å². The van der Waals surface area contributed by atoms with Gasteiger partial charge in [-0.25, -0.2) is 4.98 Å². The fraction of sp³-hybridized carbons (Fsp3) is 0.400. The maximum Gasteiger partial charge on any atom is 0.325 e. The van der Waals surface area contributed by atoms with E-state index < -0.39 is 0 Å². The fourth-order valence-electron chi connectivity index (χ4n) is 1.08. The number of anilines is 1. The minimum atomic E-state index is -0.336. The molecule has 0 amide bonds. The Morgan fingerprint density at radius 1 is 1.47 bits per heavy atom. The molecule has 5 nitrogen and oxygen atoms in total. The van der Waals surface area contributed by atoms with Gasteiger partial charge >= 0.3 is 5.97 Å². The topological polar surface area (TPSA) is 60.5 Å². The first-order chi connectivity index (χ1) is 7.15. The van der Waals surface area contributed by atoms with Gasteiger partial charge in [0.05, 0.1) is 14.2 Å². The third kappa shape index (κ3) is 3.46. The van der Waals surface area contributed by atoms with Crippen molar-refractivity contribution in [3.8, 4) is 5.75 Å². The summed E-state index contributed by atoms with van der Waals surface area (Å²) < 4.78 is 9.57. The van der Waals surface area contributed by atoms with Crippen molar-refractivity contribution in [3.05, 3.63) is 17.8 Å². The monoisotopic (exact) mass is 210 g/mol. The number of hydrogen-bond donors (Lipinski definition) is 1. The maximum atomic E-state index is 10.9. The van der Waals surface area contributed by atoms with Crippen molar-refractivity contribution in [2.75, 3.05) is 26.1 Å². The summed E-state index contributed by atoms with van der Waals surface area (Å²) in [7, 11) is 2.92. The molecule has 0 fully saturated rings. The number of carbonyl (C=O) groups excluding carboxylic acids is 1. The molecular formula is C10H14N2O3. The molecule has 82 valence electrons. The minimum Gasteiger partial charge on any atom is -0.497 e. The first kappa shape index (κ1) is 11.3. The summed E-state index contributed by atoms with van der Waals surface area (Å²) in [6, 6.07) is 3.53. The number of esters is 1. The summed E-state index contributed by atoms with van der Waals surface area (Å²) in [5.41, 5.74) is 0.821. The number of nitrogens with zero attached hydrogens (tertiary/aromatic N) is 1. The average Bonchev–Trinajstić information content (AvgIpc) is 2.25. The zero-order chi connectivity index (χ0) is 11.3. The van der Waals surface area contributed by atoms with E-state index in [-0.39, 0.29) is 12.5 Å². The number of carbonyl (C=O) groups is 1. The van der Waals surface area contributed by atoms with E-state index in [2.05, 4.69) is 15.0 Å². The molecule has 0 atom stereocenters. The van der Waals surface area contributed by atoms with Crippen molar-refractivity contribution < 1.29 is 14.3 Å². The summed E-state index contributed by atoms with van der Waals surface area (Å²) in [5.74, 6) is 0.962. The van der Waals surface area contributed by atoms with E-state index in [4.69, 9.17) is 4.74 Å². The predicted molar refractivity (Wildman–Crippen MR) is 56.0 cm³/mol. The van der Waals surface area contributed by atoms with Crippen molar-refractivity contribution in [3.63, 3.8) is 0 Å². The van der Waals surface area contributed by atoms with Crippen LogP contribution < -0.4 is 10.1 Å². The molecule has 0 saturated carbocycles. The standard InChI is InChI=1S/C10H14N2O3/c1-7-4-8(14-2)5-9(12-7)11-6-10(13)15-3/h4-5H,6H2,1-3H3,(H,11,12). The largest absolute Gasteiger partial charge is 0.497 e. The highest BCUT2D eigenvalue weighted by molar-refractivity contribution is 5.74. The molecule has 1 aromatic rings. The number of nitrogens with one attached hydrogen (secondary N) is 1. The third-order valence-corrected chi connectivity index (χ3v) is 1.80. The Morgan fingerprint density at radius 3 is 2.80 bits per heavy atom. The third-order valence-electron chi connectivity index (χ3n) is 1.80. The molecule has 0 bridgehead atoms. The molecule has 0 aromatic carbocycles. The smallest absolute Gasteiger partial charge is 0.325 e. The van der Waals surface area contributed by atoms with Crippen LogP contribution in [0.2, 0.25) is 0 Å². The first-order valence-electron chi connectivity index (χ1n) is 4.49. The van der Waals surface area contributed by atoms with E-state index in [0.717, 1.165) is 5.69 Å². The van der Waals surface area contributed by atoms with Crippen molar-refractivity contribution in [1.82, 2.24) is 4.98 Å². The van der Waals surface area contributed by atoms with Crippen LogP contribution in [-0.2, 0) is 9.53 Å². The molecule has 1 N–H and O–H groups in total. The van der Waals surface area contributed by atoms with E-state index >= 15 is 0 Å². The second-order valence-electron chi connectivity index (χ2n) is 2.96. The fourth-order valence-corrected chi connectivity index (χ4v) is 1.08. The molecule has 0 aliphatic carbocycles. The molecule has 5 heteroatoms. The quantitative estimate of drug-likeness (QED) is 0.751. The van der Waals surface area contributed by atoms with Crippen LogP contribution in [0.1, 0.15) is 5.69 Å². The number of rotatable bonds is 4. The average molecular weight is 210 g/mol. The van der Waals surface area contributed by atoms with Gasteiger partial charge in [0.2, 0.25) is 0 Å². The van der Waals surface area contributed by atoms with Crippen LogP contribution in [0.4, 0.5) is 5.82 Å². The van der Waals surface area contributed by atoms with Crippen LogP contribution in [0.25, 0.3) is 0 Å². The van der Waals surface area contributed by atoms with Gasteiger partial charge in [0.25, 0.3) is 0 Å². The van der Waals surface area contributed by atoms with Crippen LogP contribution in [0, 0.1) is 6.92 Å². The number of pyridine rings is 1. The zero-order valence-corrected chi connectivity index (χ0v) is 9.03. The number of hydrogen-bond acceptors (Lipinski definition) is 5. The Kier molecular flexibility index (Phi) is 3.91. The Morgan fingerprint density at radius 2 is 2.20 bits per heavy atom. The van der Waals surface area contributed by atoms with Gasteiger partial charge in [-0.1, -0.05) is 0 Å². The van der Waals surface area contributed by atoms with Crippen molar-refractivity contribution in [2.24, 2.45) is 0 Å². The number of methoxy groups -OCH3 is 2. The molecular weight excluding hydrogens is 196 g/mol. The molecule has 0 aliphatic rings. The van der Waals surface area contributed by atoms with Gasteiger partial charge in [0, 0.05) is 17.8 Å². The van der Waals surface area contributed by atoms with Gasteiger partial charge in [-0.2, -0.15) is 0 Å². The first-order valence-corrected chi connectivity index (χ1v) is 4.49. The van der Waals surface area contributed by atoms with Gasteiger partial charge in [-0.15, -0.1) is 0 Å². The highest BCUT2D eigenvalue weighted by atomic mass is 16.5. The Bertz CT molecular complexity index is 353. The van der Waals surface area contributed by atoms with Crippen LogP contribution >= 0.6 is 0 Å². The van der Waals surface area contributed by atoms with Gasteiger partial charge in [0.1, 0.15) is 18.1 Å². The van der Waals surface area contributed by atoms with Crippen LogP contribution in [0.5, 0.6) is 5.75 Å². The van der Waals surface area contributed by atoms with Crippen molar-refractivity contribution >= 4 is 11.8 Å². The second-order valence-corrected chi connectivity index (χ2v) is 2.96. The molecule has 0 spiro atoms. The lowest BCUT2D eigenvalue weighted by atomic mass is 10.3. The van der Waals surface area contributed by atoms with Gasteiger partial charge in [-0.05, 0) is 6.92 Å². The van der Waals surface area contributed by atoms with E-state index in [0.29, 0.717) is 11.6 Å². The van der Waals surface area contributed by atoms with E-state index in [1.165, 1.54) is 7.11 Å². The summed E-state index contributed by atoms with van der Waals surface area (Å²) in [5, 5.41) is 2.85. The molecule has 1 aromatic heterocycles. The molecule has 0 unspecified atom stereocenters. The van der Waals surface area contributed by atoms with Crippen LogP contribution in [0.3, 0.4) is 0 Å². The summed E-state index contributed by atoms with van der Waals surface area (Å²) in [4.78, 5) is 15.1. The lowest BCUT2D eigenvalue weighted by molar-refractivity contribution is -0.138. The lowest BCUT2D eigenvalue weighted by Crippen LogP contribution is -2.15. The minimum absolute atomic E-state index is 0.0934. The SMILES string of the molecule is COC(=O)CNc1cc(OC)cc(C)n1. The number of ether oxygens (including phenoxy) is 2. The Labute approximate surface area is 88.4 Å². The highest BCUT2D eigenvalue weighted by Crippen LogP contribution is 2.16. The summed E-state index contributed by atoms with van der Waals surface area (Å²) in [6.45, 7) is 1.95. The molecule has 15 heavy (non-hydrogen) atoms. The molecule has 0 saturated heterocycles. The van der Waals surface area contributed by atoms with Gasteiger partial charge < -0.3 is 14.8 Å². The molecule has 1 heterocycles. The van der Waals surface area contributed by atoms with Crippen LogP contribution in [-0.4, -0.2) is 31.7 Å². The van der Waals surface area contributed by atoms with Crippen LogP contribution in [0.15, 0.2) is 12.1 Å². The Hall–Kier alpha value is -1.78. The highest BCUT2D eigenvalue weighted by Gasteiger charge is 2.03. The summed E-state index contributed by atoms with van der Waals surface area (Å²) >= 11 is 0. The van der Waals surface area contributed by atoms with E-state index in [9.17, 15) is 4.79 Å².